The van der Waals surface area contributed by atoms with Crippen LogP contribution in [0.15, 0.2) is 47.7 Å². The molecule has 1 atom stereocenters. The SMILES string of the molecule is CCOC(=O)[C@@H](c1ccc(Cl)cc1)N1CN/C(=N\[N+](=O)[O-])N(Cc2ccc(Cl)nc2)C1. The molecule has 0 bridgehead atoms. The third-order valence-electron chi connectivity index (χ3n) is 4.49. The first kappa shape index (κ1) is 22.7. The summed E-state index contributed by atoms with van der Waals surface area (Å²) in [4.78, 5) is 31.2. The van der Waals surface area contributed by atoms with Gasteiger partial charge in [0.05, 0.1) is 19.9 Å². The molecule has 1 aliphatic heterocycles. The van der Waals surface area contributed by atoms with Crippen LogP contribution in [0.3, 0.4) is 0 Å². The van der Waals surface area contributed by atoms with Gasteiger partial charge in [-0.05, 0) is 36.2 Å². The highest BCUT2D eigenvalue weighted by molar-refractivity contribution is 6.30. The molecule has 12 heteroatoms. The molecule has 1 aromatic carbocycles. The summed E-state index contributed by atoms with van der Waals surface area (Å²) in [5.41, 5.74) is 1.45. The summed E-state index contributed by atoms with van der Waals surface area (Å²) in [6.07, 6.45) is 1.58. The Labute approximate surface area is 188 Å². The van der Waals surface area contributed by atoms with E-state index in [1.807, 2.05) is 0 Å². The molecule has 0 amide bonds. The standard InChI is InChI=1S/C19H20Cl2N6O4/c1-2-31-18(28)17(14-4-6-15(20)7-5-14)26-11-23-19(24-27(29)30)25(12-26)10-13-3-8-16(21)22-9-13/h3-9,17H,2,10-12H2,1H3,(H,23,24)/t17-/m1/s1. The summed E-state index contributed by atoms with van der Waals surface area (Å²) in [5, 5.41) is 17.5. The third-order valence-corrected chi connectivity index (χ3v) is 4.97. The number of rotatable bonds is 7. The van der Waals surface area contributed by atoms with E-state index in [1.54, 1.807) is 59.3 Å². The molecule has 0 aliphatic carbocycles. The minimum Gasteiger partial charge on any atom is -0.465 e. The van der Waals surface area contributed by atoms with Gasteiger partial charge >= 0.3 is 5.97 Å². The lowest BCUT2D eigenvalue weighted by Gasteiger charge is -2.40. The van der Waals surface area contributed by atoms with Crippen molar-refractivity contribution in [1.82, 2.24) is 20.1 Å². The van der Waals surface area contributed by atoms with E-state index in [2.05, 4.69) is 15.4 Å². The molecule has 0 spiro atoms. The van der Waals surface area contributed by atoms with E-state index in [1.165, 1.54) is 0 Å². The van der Waals surface area contributed by atoms with Crippen LogP contribution in [-0.2, 0) is 16.1 Å². The fourth-order valence-corrected chi connectivity index (χ4v) is 3.41. The summed E-state index contributed by atoms with van der Waals surface area (Å²) in [5.74, 6) is -0.357. The molecule has 31 heavy (non-hydrogen) atoms. The molecule has 164 valence electrons. The highest BCUT2D eigenvalue weighted by atomic mass is 35.5. The van der Waals surface area contributed by atoms with Crippen molar-refractivity contribution in [2.75, 3.05) is 19.9 Å². The number of carbonyl (C=O) groups is 1. The highest BCUT2D eigenvalue weighted by Gasteiger charge is 2.35. The number of hydrogen-bond donors (Lipinski definition) is 1. The van der Waals surface area contributed by atoms with Crippen LogP contribution in [0, 0.1) is 10.1 Å². The zero-order valence-electron chi connectivity index (χ0n) is 16.6. The van der Waals surface area contributed by atoms with E-state index in [0.717, 1.165) is 5.56 Å². The van der Waals surface area contributed by atoms with E-state index in [-0.39, 0.29) is 32.4 Å². The minimum absolute atomic E-state index is 0.0786. The molecule has 1 N–H and O–H groups in total. The van der Waals surface area contributed by atoms with Crippen molar-refractivity contribution in [3.63, 3.8) is 0 Å². The number of pyridine rings is 1. The van der Waals surface area contributed by atoms with Gasteiger partial charge in [0.25, 0.3) is 5.96 Å². The smallest absolute Gasteiger partial charge is 0.328 e. The lowest BCUT2D eigenvalue weighted by molar-refractivity contribution is -0.486. The van der Waals surface area contributed by atoms with Crippen LogP contribution in [0.5, 0.6) is 0 Å². The fraction of sp³-hybridized carbons (Fsp3) is 0.316. The van der Waals surface area contributed by atoms with E-state index >= 15 is 0 Å². The van der Waals surface area contributed by atoms with E-state index < -0.39 is 17.0 Å². The van der Waals surface area contributed by atoms with Gasteiger partial charge in [0.15, 0.2) is 5.03 Å². The van der Waals surface area contributed by atoms with Crippen LogP contribution in [0.1, 0.15) is 24.1 Å². The normalized spacial score (nSPS) is 16.6. The number of carbonyl (C=O) groups excluding carboxylic acids is 1. The Balaban J connectivity index is 1.89. The van der Waals surface area contributed by atoms with Gasteiger partial charge < -0.3 is 15.0 Å². The van der Waals surface area contributed by atoms with Crippen LogP contribution >= 0.6 is 23.2 Å². The van der Waals surface area contributed by atoms with Crippen LogP contribution in [-0.4, -0.2) is 51.7 Å². The molecular formula is C19H20Cl2N6O4. The summed E-state index contributed by atoms with van der Waals surface area (Å²) in [6, 6.07) is 9.53. The van der Waals surface area contributed by atoms with Crippen molar-refractivity contribution < 1.29 is 14.6 Å². The predicted octanol–water partition coefficient (Wildman–Crippen LogP) is 2.86. The fourth-order valence-electron chi connectivity index (χ4n) is 3.18. The predicted molar refractivity (Wildman–Crippen MR) is 115 cm³/mol. The quantitative estimate of drug-likeness (QED) is 0.286. The third kappa shape index (κ3) is 6.03. The Hall–Kier alpha value is -2.95. The van der Waals surface area contributed by atoms with E-state index in [9.17, 15) is 14.9 Å². The average Bonchev–Trinajstić information content (AvgIpc) is 2.73. The van der Waals surface area contributed by atoms with Gasteiger partial charge in [-0.2, -0.15) is 0 Å². The average molecular weight is 467 g/mol. The van der Waals surface area contributed by atoms with E-state index in [4.69, 9.17) is 27.9 Å². The molecule has 0 radical (unpaired) electrons. The van der Waals surface area contributed by atoms with Crippen molar-refractivity contribution in [3.8, 4) is 0 Å². The van der Waals surface area contributed by atoms with Gasteiger partial charge in [-0.15, -0.1) is 0 Å². The van der Waals surface area contributed by atoms with E-state index in [0.29, 0.717) is 15.7 Å². The lowest BCUT2D eigenvalue weighted by Crippen LogP contribution is -2.58. The van der Waals surface area contributed by atoms with Crippen LogP contribution in [0.4, 0.5) is 0 Å². The molecule has 10 nitrogen and oxygen atoms in total. The van der Waals surface area contributed by atoms with Crippen molar-refractivity contribution in [1.29, 1.82) is 0 Å². The number of nitrogens with zero attached hydrogens (tertiary/aromatic N) is 5. The molecule has 0 saturated carbocycles. The van der Waals surface area contributed by atoms with Gasteiger partial charge in [0.1, 0.15) is 16.3 Å². The molecule has 1 aromatic heterocycles. The number of esters is 1. The Kier molecular flexibility index (Phi) is 7.61. The number of hydrogen-bond acceptors (Lipinski definition) is 6. The van der Waals surface area contributed by atoms with Gasteiger partial charge in [-0.3, -0.25) is 4.90 Å². The topological polar surface area (TPSA) is 113 Å². The zero-order valence-corrected chi connectivity index (χ0v) is 18.1. The second-order valence-corrected chi connectivity index (χ2v) is 7.44. The van der Waals surface area contributed by atoms with Gasteiger partial charge in [0, 0.05) is 17.8 Å². The largest absolute Gasteiger partial charge is 0.465 e. The number of ether oxygens (including phenoxy) is 1. The first-order valence-corrected chi connectivity index (χ1v) is 10.1. The number of benzene rings is 1. The molecular weight excluding hydrogens is 447 g/mol. The minimum atomic E-state index is -0.771. The molecule has 2 aromatic rings. The Morgan fingerprint density at radius 2 is 2.06 bits per heavy atom. The summed E-state index contributed by atoms with van der Waals surface area (Å²) in [7, 11) is 0. The number of guanidine groups is 1. The summed E-state index contributed by atoms with van der Waals surface area (Å²) in [6.45, 7) is 2.53. The second-order valence-electron chi connectivity index (χ2n) is 6.62. The van der Waals surface area contributed by atoms with Crippen LogP contribution < -0.4 is 5.32 Å². The molecule has 1 fully saturated rings. The van der Waals surface area contributed by atoms with Crippen LogP contribution in [0.25, 0.3) is 0 Å². The van der Waals surface area contributed by atoms with Gasteiger partial charge in [-0.1, -0.05) is 41.4 Å². The van der Waals surface area contributed by atoms with Crippen molar-refractivity contribution in [3.05, 3.63) is 74.0 Å². The first-order valence-electron chi connectivity index (χ1n) is 9.35. The number of halogens is 2. The maximum Gasteiger partial charge on any atom is 0.328 e. The number of hydrazone groups is 1. The monoisotopic (exact) mass is 466 g/mol. The second kappa shape index (κ2) is 10.4. The molecule has 3 rings (SSSR count). The molecule has 0 unspecified atom stereocenters. The van der Waals surface area contributed by atoms with Crippen molar-refractivity contribution >= 4 is 35.1 Å². The summed E-state index contributed by atoms with van der Waals surface area (Å²) >= 11 is 11.8. The lowest BCUT2D eigenvalue weighted by atomic mass is 10.1. The Bertz CT molecular complexity index is 955. The van der Waals surface area contributed by atoms with Gasteiger partial charge in [0.2, 0.25) is 0 Å². The Morgan fingerprint density at radius 3 is 2.68 bits per heavy atom. The van der Waals surface area contributed by atoms with Crippen molar-refractivity contribution in [2.24, 2.45) is 5.10 Å². The number of nitro groups is 1. The number of nitrogens with one attached hydrogen (secondary N) is 1. The zero-order chi connectivity index (χ0) is 22.4. The first-order chi connectivity index (χ1) is 14.9. The Morgan fingerprint density at radius 1 is 1.32 bits per heavy atom. The summed E-state index contributed by atoms with van der Waals surface area (Å²) < 4.78 is 5.28. The van der Waals surface area contributed by atoms with Gasteiger partial charge in [-0.25, -0.2) is 19.9 Å². The molecule has 2 heterocycles. The number of aromatic nitrogens is 1. The molecule has 1 aliphatic rings. The van der Waals surface area contributed by atoms with Crippen molar-refractivity contribution in [2.45, 2.75) is 19.5 Å². The maximum atomic E-state index is 12.8. The maximum absolute atomic E-state index is 12.8. The van der Waals surface area contributed by atoms with Crippen LogP contribution in [0.2, 0.25) is 10.2 Å². The molecule has 1 saturated heterocycles. The highest BCUT2D eigenvalue weighted by Crippen LogP contribution is 2.26.